The molecule has 0 saturated heterocycles. The quantitative estimate of drug-likeness (QED) is 0.870. The van der Waals surface area contributed by atoms with Gasteiger partial charge < -0.3 is 10.0 Å². The van der Waals surface area contributed by atoms with Crippen LogP contribution in [0.3, 0.4) is 0 Å². The Morgan fingerprint density at radius 2 is 2.27 bits per heavy atom. The number of aromatic nitrogens is 3. The van der Waals surface area contributed by atoms with Crippen LogP contribution in [0.4, 0.5) is 0 Å². The number of aliphatic hydroxyl groups is 1. The first-order chi connectivity index (χ1) is 10.6. The number of amides is 1. The van der Waals surface area contributed by atoms with E-state index in [1.54, 1.807) is 36.3 Å². The third-order valence-electron chi connectivity index (χ3n) is 4.33. The van der Waals surface area contributed by atoms with Crippen molar-refractivity contribution in [1.82, 2.24) is 19.1 Å². The number of rotatable bonds is 4. The van der Waals surface area contributed by atoms with E-state index in [0.717, 1.165) is 19.3 Å². The largest absolute Gasteiger partial charge is 0.393 e. The van der Waals surface area contributed by atoms with Crippen LogP contribution in [0.1, 0.15) is 19.3 Å². The van der Waals surface area contributed by atoms with Crippen LogP contribution in [-0.4, -0.2) is 49.8 Å². The van der Waals surface area contributed by atoms with Crippen LogP contribution >= 0.6 is 0 Å². The fourth-order valence-corrected chi connectivity index (χ4v) is 3.00. The van der Waals surface area contributed by atoms with Crippen LogP contribution in [0.25, 0.3) is 5.65 Å². The van der Waals surface area contributed by atoms with Gasteiger partial charge >= 0.3 is 5.69 Å². The van der Waals surface area contributed by atoms with Crippen molar-refractivity contribution in [3.8, 4) is 0 Å². The van der Waals surface area contributed by atoms with Crippen LogP contribution < -0.4 is 5.69 Å². The minimum atomic E-state index is -0.326. The van der Waals surface area contributed by atoms with Gasteiger partial charge in [0.1, 0.15) is 6.54 Å². The maximum atomic E-state index is 12.3. The maximum absolute atomic E-state index is 12.3. The molecule has 2 aromatic heterocycles. The van der Waals surface area contributed by atoms with Crippen molar-refractivity contribution in [2.75, 3.05) is 13.6 Å². The average molecular weight is 304 g/mol. The molecule has 3 rings (SSSR count). The van der Waals surface area contributed by atoms with Gasteiger partial charge in [-0.25, -0.2) is 9.48 Å². The highest BCUT2D eigenvalue weighted by atomic mass is 16.3. The first-order valence-corrected chi connectivity index (χ1v) is 7.52. The second-order valence-corrected chi connectivity index (χ2v) is 5.90. The summed E-state index contributed by atoms with van der Waals surface area (Å²) in [6.45, 7) is 0.432. The van der Waals surface area contributed by atoms with Crippen molar-refractivity contribution in [2.24, 2.45) is 5.92 Å². The molecule has 2 heterocycles. The molecule has 0 radical (unpaired) electrons. The summed E-state index contributed by atoms with van der Waals surface area (Å²) < 4.78 is 2.59. The lowest BCUT2D eigenvalue weighted by Crippen LogP contribution is -2.38. The molecular weight excluding hydrogens is 284 g/mol. The molecule has 1 aliphatic rings. The molecule has 2 unspecified atom stereocenters. The Hall–Kier alpha value is -2.15. The smallest absolute Gasteiger partial charge is 0.350 e. The van der Waals surface area contributed by atoms with Gasteiger partial charge in [0.25, 0.3) is 0 Å². The van der Waals surface area contributed by atoms with Gasteiger partial charge in [-0.15, -0.1) is 5.10 Å². The molecule has 22 heavy (non-hydrogen) atoms. The highest BCUT2D eigenvalue weighted by molar-refractivity contribution is 5.75. The van der Waals surface area contributed by atoms with Gasteiger partial charge in [0.05, 0.1) is 6.10 Å². The van der Waals surface area contributed by atoms with E-state index in [4.69, 9.17) is 0 Å². The first-order valence-electron chi connectivity index (χ1n) is 7.52. The van der Waals surface area contributed by atoms with Crippen LogP contribution in [0.15, 0.2) is 29.2 Å². The molecule has 1 N–H and O–H groups in total. The van der Waals surface area contributed by atoms with Crippen LogP contribution in [0.5, 0.6) is 0 Å². The summed E-state index contributed by atoms with van der Waals surface area (Å²) in [5, 5.41) is 14.0. The second kappa shape index (κ2) is 5.92. The zero-order chi connectivity index (χ0) is 15.7. The Labute approximate surface area is 127 Å². The molecule has 0 aliphatic heterocycles. The number of pyridine rings is 1. The molecule has 0 spiro atoms. The fourth-order valence-electron chi connectivity index (χ4n) is 3.00. The topological polar surface area (TPSA) is 79.8 Å². The number of likely N-dealkylation sites (N-methyl/N-ethyl adjacent to an activating group) is 1. The Bertz CT molecular complexity index is 736. The van der Waals surface area contributed by atoms with E-state index in [9.17, 15) is 14.7 Å². The maximum Gasteiger partial charge on any atom is 0.350 e. The molecule has 0 aromatic carbocycles. The molecule has 1 amide bonds. The van der Waals surface area contributed by atoms with Gasteiger partial charge in [-0.05, 0) is 25.0 Å². The standard InChI is InChI=1S/C15H20N4O3/c1-17(9-11-5-4-6-12(11)20)14(21)10-19-15(22)18-8-3-2-7-13(18)16-19/h2-3,7-8,11-12,20H,4-6,9-10H2,1H3. The van der Waals surface area contributed by atoms with E-state index < -0.39 is 0 Å². The third-order valence-corrected chi connectivity index (χ3v) is 4.33. The van der Waals surface area contributed by atoms with E-state index in [2.05, 4.69) is 5.10 Å². The SMILES string of the molecule is CN(CC1CCCC1O)C(=O)Cn1nc2ccccn2c1=O. The molecule has 1 aliphatic carbocycles. The summed E-state index contributed by atoms with van der Waals surface area (Å²) >= 11 is 0. The van der Waals surface area contributed by atoms with E-state index in [0.29, 0.717) is 12.2 Å². The Kier molecular flexibility index (Phi) is 3.98. The first kappa shape index (κ1) is 14.8. The van der Waals surface area contributed by atoms with Crippen molar-refractivity contribution in [3.05, 3.63) is 34.9 Å². The molecular formula is C15H20N4O3. The van der Waals surface area contributed by atoms with E-state index in [1.807, 2.05) is 0 Å². The number of nitrogens with zero attached hydrogens (tertiary/aromatic N) is 4. The van der Waals surface area contributed by atoms with Gasteiger partial charge in [0.2, 0.25) is 5.91 Å². The zero-order valence-corrected chi connectivity index (χ0v) is 12.6. The molecule has 2 aromatic rings. The number of carbonyl (C=O) groups excluding carboxylic acids is 1. The number of fused-ring (bicyclic) bond motifs is 1. The molecule has 7 nitrogen and oxygen atoms in total. The highest BCUT2D eigenvalue weighted by Crippen LogP contribution is 2.25. The number of carbonyl (C=O) groups is 1. The lowest BCUT2D eigenvalue weighted by atomic mass is 10.1. The van der Waals surface area contributed by atoms with Gasteiger partial charge in [0.15, 0.2) is 5.65 Å². The minimum Gasteiger partial charge on any atom is -0.393 e. The summed E-state index contributed by atoms with van der Waals surface area (Å²) in [6, 6.07) is 5.26. The van der Waals surface area contributed by atoms with E-state index in [-0.39, 0.29) is 30.2 Å². The van der Waals surface area contributed by atoms with Crippen LogP contribution in [0.2, 0.25) is 0 Å². The molecule has 2 atom stereocenters. The van der Waals surface area contributed by atoms with Crippen molar-refractivity contribution < 1.29 is 9.90 Å². The van der Waals surface area contributed by atoms with E-state index in [1.165, 1.54) is 9.08 Å². The third kappa shape index (κ3) is 2.76. The summed E-state index contributed by atoms with van der Waals surface area (Å²) in [4.78, 5) is 26.0. The highest BCUT2D eigenvalue weighted by Gasteiger charge is 2.27. The molecule has 1 saturated carbocycles. The Morgan fingerprint density at radius 1 is 1.45 bits per heavy atom. The van der Waals surface area contributed by atoms with Gasteiger partial charge in [-0.1, -0.05) is 12.5 Å². The summed E-state index contributed by atoms with van der Waals surface area (Å²) in [5.41, 5.74) is 0.201. The predicted molar refractivity (Wildman–Crippen MR) is 80.4 cm³/mol. The fraction of sp³-hybridized carbons (Fsp3) is 0.533. The Morgan fingerprint density at radius 3 is 2.95 bits per heavy atom. The molecule has 1 fully saturated rings. The number of hydrogen-bond acceptors (Lipinski definition) is 4. The van der Waals surface area contributed by atoms with Crippen molar-refractivity contribution in [1.29, 1.82) is 0 Å². The number of aliphatic hydroxyl groups excluding tert-OH is 1. The number of hydrogen-bond donors (Lipinski definition) is 1. The Balaban J connectivity index is 1.70. The predicted octanol–water partition coefficient (Wildman–Crippen LogP) is 0.115. The van der Waals surface area contributed by atoms with Gasteiger partial charge in [0, 0.05) is 25.7 Å². The van der Waals surface area contributed by atoms with Crippen LogP contribution in [-0.2, 0) is 11.3 Å². The lowest BCUT2D eigenvalue weighted by Gasteiger charge is -2.23. The lowest BCUT2D eigenvalue weighted by molar-refractivity contribution is -0.131. The van der Waals surface area contributed by atoms with Crippen LogP contribution in [0, 0.1) is 5.92 Å². The van der Waals surface area contributed by atoms with Crippen molar-refractivity contribution in [2.45, 2.75) is 31.9 Å². The van der Waals surface area contributed by atoms with E-state index >= 15 is 0 Å². The second-order valence-electron chi connectivity index (χ2n) is 5.90. The molecule has 0 bridgehead atoms. The zero-order valence-electron chi connectivity index (χ0n) is 12.6. The minimum absolute atomic E-state index is 0.0835. The summed E-state index contributed by atoms with van der Waals surface area (Å²) in [5.74, 6) is -0.0450. The van der Waals surface area contributed by atoms with Crippen molar-refractivity contribution >= 4 is 11.6 Å². The van der Waals surface area contributed by atoms with Crippen molar-refractivity contribution in [3.63, 3.8) is 0 Å². The normalized spacial score (nSPS) is 21.4. The molecule has 118 valence electrons. The average Bonchev–Trinajstić information content (AvgIpc) is 3.04. The summed E-state index contributed by atoms with van der Waals surface area (Å²) in [6.07, 6.45) is 4.04. The summed E-state index contributed by atoms with van der Waals surface area (Å²) in [7, 11) is 1.70. The van der Waals surface area contributed by atoms with Gasteiger partial charge in [-0.2, -0.15) is 0 Å². The molecule has 7 heteroatoms. The monoisotopic (exact) mass is 304 g/mol. The van der Waals surface area contributed by atoms with Gasteiger partial charge in [-0.3, -0.25) is 9.20 Å².